The van der Waals surface area contributed by atoms with Crippen LogP contribution >= 0.6 is 11.3 Å². The summed E-state index contributed by atoms with van der Waals surface area (Å²) in [5.74, 6) is -0.893. The van der Waals surface area contributed by atoms with Gasteiger partial charge in [-0.05, 0) is 39.5 Å². The summed E-state index contributed by atoms with van der Waals surface area (Å²) in [6, 6.07) is 1.05. The fourth-order valence-electron chi connectivity index (χ4n) is 2.95. The largest absolute Gasteiger partial charge is 0.476 e. The molecule has 2 unspecified atom stereocenters. The molecule has 2 heterocycles. The molecule has 0 aliphatic carbocycles. The molecule has 1 N–H and O–H groups in total. The van der Waals surface area contributed by atoms with Gasteiger partial charge in [0.1, 0.15) is 0 Å². The average Bonchev–Trinajstić information content (AvgIpc) is 2.78. The van der Waals surface area contributed by atoms with Gasteiger partial charge in [0.2, 0.25) is 0 Å². The molecule has 4 nitrogen and oxygen atoms in total. The number of piperidine rings is 1. The third kappa shape index (κ3) is 3.38. The highest BCUT2D eigenvalue weighted by molar-refractivity contribution is 7.11. The smallest absolute Gasteiger partial charge is 0.355 e. The third-order valence-corrected chi connectivity index (χ3v) is 5.21. The van der Waals surface area contributed by atoms with Crippen LogP contribution in [-0.2, 0) is 13.0 Å². The Labute approximate surface area is 124 Å². The Morgan fingerprint density at radius 2 is 2.05 bits per heavy atom. The molecule has 1 aromatic rings. The van der Waals surface area contributed by atoms with E-state index in [1.54, 1.807) is 11.3 Å². The fraction of sp³-hybridized carbons (Fsp3) is 0.733. The van der Waals surface area contributed by atoms with Gasteiger partial charge in [-0.25, -0.2) is 9.78 Å². The highest BCUT2D eigenvalue weighted by Gasteiger charge is 2.27. The van der Waals surface area contributed by atoms with Crippen molar-refractivity contribution in [1.29, 1.82) is 0 Å². The molecule has 0 saturated carbocycles. The van der Waals surface area contributed by atoms with Crippen LogP contribution in [0.1, 0.15) is 66.8 Å². The summed E-state index contributed by atoms with van der Waals surface area (Å²) in [4.78, 5) is 19.0. The lowest BCUT2D eigenvalue weighted by Crippen LogP contribution is -2.43. The van der Waals surface area contributed by atoms with Crippen molar-refractivity contribution in [3.63, 3.8) is 0 Å². The predicted molar refractivity (Wildman–Crippen MR) is 81.4 cm³/mol. The van der Waals surface area contributed by atoms with Gasteiger partial charge in [0, 0.05) is 18.6 Å². The number of hydrogen-bond donors (Lipinski definition) is 1. The first-order valence-corrected chi connectivity index (χ1v) is 8.32. The van der Waals surface area contributed by atoms with Crippen LogP contribution in [0.3, 0.4) is 0 Å². The van der Waals surface area contributed by atoms with Crippen LogP contribution in [0.2, 0.25) is 0 Å². The minimum atomic E-state index is -0.893. The normalized spacial score (nSPS) is 23.9. The molecule has 1 fully saturated rings. The van der Waals surface area contributed by atoms with E-state index in [4.69, 9.17) is 0 Å². The number of rotatable bonds is 5. The fourth-order valence-corrected chi connectivity index (χ4v) is 4.12. The Hall–Kier alpha value is -0.940. The molecular formula is C15H24N2O2S. The van der Waals surface area contributed by atoms with E-state index in [0.717, 1.165) is 29.3 Å². The van der Waals surface area contributed by atoms with Gasteiger partial charge in [-0.2, -0.15) is 0 Å². The Bertz CT molecular complexity index is 462. The van der Waals surface area contributed by atoms with Crippen LogP contribution in [0, 0.1) is 0 Å². The molecule has 0 spiro atoms. The minimum absolute atomic E-state index is 0.267. The van der Waals surface area contributed by atoms with E-state index in [1.165, 1.54) is 19.3 Å². The summed E-state index contributed by atoms with van der Waals surface area (Å²) < 4.78 is 0. The van der Waals surface area contributed by atoms with E-state index in [0.29, 0.717) is 12.1 Å². The van der Waals surface area contributed by atoms with Crippen molar-refractivity contribution in [3.05, 3.63) is 15.6 Å². The maximum atomic E-state index is 11.4. The average molecular weight is 296 g/mol. The van der Waals surface area contributed by atoms with Crippen LogP contribution in [0.4, 0.5) is 0 Å². The lowest BCUT2D eigenvalue weighted by Gasteiger charge is -2.38. The highest BCUT2D eigenvalue weighted by Crippen LogP contribution is 2.28. The monoisotopic (exact) mass is 296 g/mol. The zero-order valence-corrected chi connectivity index (χ0v) is 13.4. The summed E-state index contributed by atoms with van der Waals surface area (Å²) in [6.45, 7) is 7.30. The van der Waals surface area contributed by atoms with Crippen molar-refractivity contribution in [1.82, 2.24) is 9.88 Å². The molecule has 1 saturated heterocycles. The van der Waals surface area contributed by atoms with Crippen LogP contribution in [0.15, 0.2) is 0 Å². The number of thiazole rings is 1. The number of aryl methyl sites for hydroxylation is 1. The molecule has 1 aliphatic heterocycles. The van der Waals surface area contributed by atoms with Gasteiger partial charge >= 0.3 is 5.97 Å². The predicted octanol–water partition coefficient (Wildman–Crippen LogP) is 3.56. The summed E-state index contributed by atoms with van der Waals surface area (Å²) in [7, 11) is 0. The second-order valence-corrected chi connectivity index (χ2v) is 6.90. The molecule has 2 atom stereocenters. The molecule has 1 aromatic heterocycles. The summed E-state index contributed by atoms with van der Waals surface area (Å²) in [5.41, 5.74) is 0.267. The van der Waals surface area contributed by atoms with Gasteiger partial charge < -0.3 is 5.11 Å². The van der Waals surface area contributed by atoms with E-state index in [1.807, 2.05) is 0 Å². The van der Waals surface area contributed by atoms with Crippen LogP contribution < -0.4 is 0 Å². The molecule has 2 rings (SSSR count). The van der Waals surface area contributed by atoms with Crippen molar-refractivity contribution < 1.29 is 9.90 Å². The number of carboxylic acids is 1. The number of carboxylic acid groups (broad SMARTS) is 1. The molecule has 0 radical (unpaired) electrons. The van der Waals surface area contributed by atoms with Crippen molar-refractivity contribution in [2.24, 2.45) is 0 Å². The number of aromatic carboxylic acids is 1. The highest BCUT2D eigenvalue weighted by atomic mass is 32.1. The summed E-state index contributed by atoms with van der Waals surface area (Å²) >= 11 is 1.58. The van der Waals surface area contributed by atoms with E-state index in [9.17, 15) is 9.90 Å². The maximum Gasteiger partial charge on any atom is 0.355 e. The first-order chi connectivity index (χ1) is 9.52. The summed E-state index contributed by atoms with van der Waals surface area (Å²) in [5, 5.41) is 10.3. The lowest BCUT2D eigenvalue weighted by molar-refractivity contribution is 0.0680. The second kappa shape index (κ2) is 6.68. The zero-order valence-electron chi connectivity index (χ0n) is 12.6. The van der Waals surface area contributed by atoms with E-state index in [-0.39, 0.29) is 5.69 Å². The van der Waals surface area contributed by atoms with Crippen LogP contribution in [0.25, 0.3) is 0 Å². The molecule has 20 heavy (non-hydrogen) atoms. The lowest BCUT2D eigenvalue weighted by atomic mass is 9.97. The van der Waals surface area contributed by atoms with Gasteiger partial charge in [0.25, 0.3) is 0 Å². The first kappa shape index (κ1) is 15.4. The molecule has 0 aromatic carbocycles. The van der Waals surface area contributed by atoms with Gasteiger partial charge in [-0.15, -0.1) is 11.3 Å². The van der Waals surface area contributed by atoms with Crippen molar-refractivity contribution >= 4 is 17.3 Å². The third-order valence-electron chi connectivity index (χ3n) is 4.11. The Morgan fingerprint density at radius 1 is 1.40 bits per heavy atom. The standard InChI is InChI=1S/C15H24N2O2S/c1-4-6-13-16-14(15(18)19)12(20-13)9-17-10(2)7-5-8-11(17)3/h10-11H,4-9H2,1-3H3,(H,18,19). The van der Waals surface area contributed by atoms with Gasteiger partial charge in [-0.3, -0.25) is 4.90 Å². The van der Waals surface area contributed by atoms with Gasteiger partial charge in [-0.1, -0.05) is 13.3 Å². The van der Waals surface area contributed by atoms with Crippen molar-refractivity contribution in [2.75, 3.05) is 0 Å². The topological polar surface area (TPSA) is 53.4 Å². The van der Waals surface area contributed by atoms with Crippen LogP contribution in [-0.4, -0.2) is 33.0 Å². The van der Waals surface area contributed by atoms with Crippen LogP contribution in [0.5, 0.6) is 0 Å². The second-order valence-electron chi connectivity index (χ2n) is 5.74. The Kier molecular flexibility index (Phi) is 5.16. The number of hydrogen-bond acceptors (Lipinski definition) is 4. The quantitative estimate of drug-likeness (QED) is 0.902. The molecule has 112 valence electrons. The Balaban J connectivity index is 2.20. The molecule has 5 heteroatoms. The maximum absolute atomic E-state index is 11.4. The summed E-state index contributed by atoms with van der Waals surface area (Å²) in [6.07, 6.45) is 5.55. The zero-order chi connectivity index (χ0) is 14.7. The van der Waals surface area contributed by atoms with E-state index < -0.39 is 5.97 Å². The van der Waals surface area contributed by atoms with E-state index in [2.05, 4.69) is 30.7 Å². The molecule has 1 aliphatic rings. The number of nitrogens with zero attached hydrogens (tertiary/aromatic N) is 2. The molecule has 0 amide bonds. The molecule has 0 bridgehead atoms. The van der Waals surface area contributed by atoms with Gasteiger partial charge in [0.15, 0.2) is 5.69 Å². The SMILES string of the molecule is CCCc1nc(C(=O)O)c(CN2C(C)CCCC2C)s1. The number of likely N-dealkylation sites (tertiary alicyclic amines) is 1. The first-order valence-electron chi connectivity index (χ1n) is 7.50. The number of carbonyl (C=O) groups is 1. The number of aromatic nitrogens is 1. The van der Waals surface area contributed by atoms with Crippen molar-refractivity contribution in [2.45, 2.75) is 71.5 Å². The molecular weight excluding hydrogens is 272 g/mol. The minimum Gasteiger partial charge on any atom is -0.476 e. The van der Waals surface area contributed by atoms with Gasteiger partial charge in [0.05, 0.1) is 9.88 Å². The van der Waals surface area contributed by atoms with E-state index >= 15 is 0 Å². The van der Waals surface area contributed by atoms with Crippen molar-refractivity contribution in [3.8, 4) is 0 Å². The Morgan fingerprint density at radius 3 is 2.60 bits per heavy atom.